The van der Waals surface area contributed by atoms with Crippen molar-refractivity contribution in [2.24, 2.45) is 0 Å². The Morgan fingerprint density at radius 3 is 2.76 bits per heavy atom. The Morgan fingerprint density at radius 2 is 2.14 bits per heavy atom. The van der Waals surface area contributed by atoms with Crippen LogP contribution < -0.4 is 10.1 Å². The van der Waals surface area contributed by atoms with Crippen LogP contribution in [0.1, 0.15) is 38.7 Å². The lowest BCUT2D eigenvalue weighted by Crippen LogP contribution is -2.33. The Balaban J connectivity index is 2.10. The fourth-order valence-electron chi connectivity index (χ4n) is 2.00. The van der Waals surface area contributed by atoms with E-state index in [-0.39, 0.29) is 5.91 Å². The van der Waals surface area contributed by atoms with E-state index in [4.69, 9.17) is 4.74 Å². The van der Waals surface area contributed by atoms with Gasteiger partial charge in [0.25, 0.3) is 5.91 Å². The number of para-hydroxylation sites is 1. The zero-order valence-electron chi connectivity index (χ0n) is 12.5. The van der Waals surface area contributed by atoms with Crippen molar-refractivity contribution in [2.45, 2.75) is 39.2 Å². The lowest BCUT2D eigenvalue weighted by Gasteiger charge is -2.20. The van der Waals surface area contributed by atoms with Crippen LogP contribution in [0.2, 0.25) is 0 Å². The Kier molecular flexibility index (Phi) is 4.92. The molecule has 0 aliphatic carbocycles. The maximum absolute atomic E-state index is 12.2. The molecule has 0 saturated carbocycles. The Bertz CT molecular complexity index is 581. The quantitative estimate of drug-likeness (QED) is 0.856. The smallest absolute Gasteiger partial charge is 0.267 e. The molecule has 0 spiro atoms. The van der Waals surface area contributed by atoms with Crippen molar-refractivity contribution in [3.8, 4) is 5.75 Å². The predicted octanol–water partition coefficient (Wildman–Crippen LogP) is 2.72. The zero-order valence-corrected chi connectivity index (χ0v) is 12.5. The normalized spacial score (nSPS) is 12.2. The van der Waals surface area contributed by atoms with Gasteiger partial charge in [-0.1, -0.05) is 39.0 Å². The molecule has 0 aliphatic rings. The van der Waals surface area contributed by atoms with Crippen molar-refractivity contribution >= 4 is 11.9 Å². The highest BCUT2D eigenvalue weighted by Crippen LogP contribution is 2.27. The van der Waals surface area contributed by atoms with E-state index in [2.05, 4.69) is 34.3 Å². The zero-order chi connectivity index (χ0) is 15.2. The standard InChI is InChI=1S/C15H20N4O2/c1-4-12(14(20)18-15-16-9-17-19-15)21-13-8-6-5-7-11(13)10(2)3/h5-10,12H,4H2,1-3H3,(H2,16,17,18,19,20). The van der Waals surface area contributed by atoms with E-state index in [9.17, 15) is 4.79 Å². The summed E-state index contributed by atoms with van der Waals surface area (Å²) in [4.78, 5) is 16.1. The summed E-state index contributed by atoms with van der Waals surface area (Å²) in [5, 5.41) is 8.93. The van der Waals surface area contributed by atoms with Crippen molar-refractivity contribution in [2.75, 3.05) is 5.32 Å². The SMILES string of the molecule is CCC(Oc1ccccc1C(C)C)C(=O)Nc1ncn[nH]1. The van der Waals surface area contributed by atoms with E-state index in [1.54, 1.807) is 0 Å². The molecule has 2 rings (SSSR count). The molecule has 112 valence electrons. The van der Waals surface area contributed by atoms with Crippen molar-refractivity contribution in [1.82, 2.24) is 15.2 Å². The van der Waals surface area contributed by atoms with Gasteiger partial charge in [0.15, 0.2) is 6.10 Å². The van der Waals surface area contributed by atoms with E-state index in [0.29, 0.717) is 18.3 Å². The highest BCUT2D eigenvalue weighted by Gasteiger charge is 2.21. The van der Waals surface area contributed by atoms with Gasteiger partial charge in [0, 0.05) is 0 Å². The Hall–Kier alpha value is -2.37. The summed E-state index contributed by atoms with van der Waals surface area (Å²) in [6.45, 7) is 6.10. The fraction of sp³-hybridized carbons (Fsp3) is 0.400. The summed E-state index contributed by atoms with van der Waals surface area (Å²) in [7, 11) is 0. The van der Waals surface area contributed by atoms with E-state index in [1.165, 1.54) is 6.33 Å². The minimum atomic E-state index is -0.574. The van der Waals surface area contributed by atoms with Crippen LogP contribution in [0, 0.1) is 0 Å². The number of H-pyrrole nitrogens is 1. The number of carbonyl (C=O) groups is 1. The summed E-state index contributed by atoms with van der Waals surface area (Å²) in [6, 6.07) is 7.78. The second kappa shape index (κ2) is 6.88. The van der Waals surface area contributed by atoms with Crippen LogP contribution in [0.25, 0.3) is 0 Å². The maximum atomic E-state index is 12.2. The van der Waals surface area contributed by atoms with Gasteiger partial charge in [-0.15, -0.1) is 0 Å². The maximum Gasteiger partial charge on any atom is 0.267 e. The first-order chi connectivity index (χ1) is 10.1. The molecule has 1 aromatic carbocycles. The molecule has 0 aliphatic heterocycles. The van der Waals surface area contributed by atoms with Gasteiger partial charge in [0.1, 0.15) is 12.1 Å². The number of nitrogens with zero attached hydrogens (tertiary/aromatic N) is 2. The van der Waals surface area contributed by atoms with Gasteiger partial charge in [-0.2, -0.15) is 10.1 Å². The van der Waals surface area contributed by atoms with Gasteiger partial charge in [-0.05, 0) is 24.0 Å². The lowest BCUT2D eigenvalue weighted by atomic mass is 10.0. The van der Waals surface area contributed by atoms with Crippen molar-refractivity contribution < 1.29 is 9.53 Å². The third-order valence-corrected chi connectivity index (χ3v) is 3.13. The van der Waals surface area contributed by atoms with Crippen LogP contribution in [0.3, 0.4) is 0 Å². The van der Waals surface area contributed by atoms with E-state index in [0.717, 1.165) is 11.3 Å². The lowest BCUT2D eigenvalue weighted by molar-refractivity contribution is -0.122. The van der Waals surface area contributed by atoms with E-state index < -0.39 is 6.10 Å². The number of aromatic nitrogens is 3. The molecule has 6 heteroatoms. The largest absolute Gasteiger partial charge is 0.480 e. The van der Waals surface area contributed by atoms with Crippen LogP contribution >= 0.6 is 0 Å². The predicted molar refractivity (Wildman–Crippen MR) is 80.3 cm³/mol. The molecule has 1 atom stereocenters. The number of hydrogen-bond donors (Lipinski definition) is 2. The van der Waals surface area contributed by atoms with E-state index >= 15 is 0 Å². The second-order valence-electron chi connectivity index (χ2n) is 5.03. The van der Waals surface area contributed by atoms with Gasteiger partial charge in [0.05, 0.1) is 0 Å². The molecule has 2 aromatic rings. The number of aromatic amines is 1. The topological polar surface area (TPSA) is 79.9 Å². The summed E-state index contributed by atoms with van der Waals surface area (Å²) < 4.78 is 5.89. The average molecular weight is 288 g/mol. The van der Waals surface area contributed by atoms with Crippen LogP contribution in [0.5, 0.6) is 5.75 Å². The minimum absolute atomic E-state index is 0.243. The van der Waals surface area contributed by atoms with Gasteiger partial charge in [-0.3, -0.25) is 10.1 Å². The first-order valence-electron chi connectivity index (χ1n) is 7.03. The molecular formula is C15H20N4O2. The van der Waals surface area contributed by atoms with Gasteiger partial charge in [-0.25, -0.2) is 5.10 Å². The third-order valence-electron chi connectivity index (χ3n) is 3.13. The van der Waals surface area contributed by atoms with Gasteiger partial charge in [0.2, 0.25) is 5.95 Å². The summed E-state index contributed by atoms with van der Waals surface area (Å²) in [5.41, 5.74) is 1.09. The van der Waals surface area contributed by atoms with Gasteiger partial charge >= 0.3 is 0 Å². The van der Waals surface area contributed by atoms with Crippen LogP contribution in [0.4, 0.5) is 5.95 Å². The number of amides is 1. The Labute approximate surface area is 123 Å². The molecule has 21 heavy (non-hydrogen) atoms. The number of carbonyl (C=O) groups excluding carboxylic acids is 1. The molecular weight excluding hydrogens is 268 g/mol. The number of ether oxygens (including phenoxy) is 1. The second-order valence-corrected chi connectivity index (χ2v) is 5.03. The molecule has 1 unspecified atom stereocenters. The number of anilines is 1. The number of hydrogen-bond acceptors (Lipinski definition) is 4. The molecule has 1 amide bonds. The first-order valence-corrected chi connectivity index (χ1v) is 7.03. The average Bonchev–Trinajstić information content (AvgIpc) is 2.97. The Morgan fingerprint density at radius 1 is 1.38 bits per heavy atom. The van der Waals surface area contributed by atoms with E-state index in [1.807, 2.05) is 31.2 Å². The third kappa shape index (κ3) is 3.81. The fourth-order valence-corrected chi connectivity index (χ4v) is 2.00. The number of benzene rings is 1. The minimum Gasteiger partial charge on any atom is -0.480 e. The number of nitrogens with one attached hydrogen (secondary N) is 2. The first kappa shape index (κ1) is 15.0. The molecule has 0 saturated heterocycles. The molecule has 2 N–H and O–H groups in total. The summed E-state index contributed by atoms with van der Waals surface area (Å²) >= 11 is 0. The molecule has 1 heterocycles. The van der Waals surface area contributed by atoms with Crippen LogP contribution in [-0.2, 0) is 4.79 Å². The van der Waals surface area contributed by atoms with Crippen LogP contribution in [-0.4, -0.2) is 27.2 Å². The highest BCUT2D eigenvalue weighted by molar-refractivity contribution is 5.92. The summed E-state index contributed by atoms with van der Waals surface area (Å²) in [6.07, 6.45) is 1.33. The highest BCUT2D eigenvalue weighted by atomic mass is 16.5. The number of rotatable bonds is 6. The van der Waals surface area contributed by atoms with Crippen molar-refractivity contribution in [3.63, 3.8) is 0 Å². The molecule has 0 bridgehead atoms. The van der Waals surface area contributed by atoms with Crippen molar-refractivity contribution in [3.05, 3.63) is 36.2 Å². The van der Waals surface area contributed by atoms with Crippen LogP contribution in [0.15, 0.2) is 30.6 Å². The van der Waals surface area contributed by atoms with Crippen molar-refractivity contribution in [1.29, 1.82) is 0 Å². The van der Waals surface area contributed by atoms with Gasteiger partial charge < -0.3 is 4.74 Å². The monoisotopic (exact) mass is 288 g/mol. The summed E-state index contributed by atoms with van der Waals surface area (Å²) in [5.74, 6) is 1.15. The molecule has 0 fully saturated rings. The molecule has 1 aromatic heterocycles. The molecule has 0 radical (unpaired) electrons. The molecule has 6 nitrogen and oxygen atoms in total.